The lowest BCUT2D eigenvalue weighted by molar-refractivity contribution is 0.0816. The standard InChI is InChI=1S/C12H27N3O/c1-12(10-16,13-2)9-15-7-5-6-11(8-15)14(3)4/h11,13,16H,5-10H2,1-4H3. The summed E-state index contributed by atoms with van der Waals surface area (Å²) in [5.41, 5.74) is -0.172. The molecule has 16 heavy (non-hydrogen) atoms. The summed E-state index contributed by atoms with van der Waals surface area (Å²) >= 11 is 0. The first-order valence-electron chi connectivity index (χ1n) is 6.19. The van der Waals surface area contributed by atoms with E-state index in [1.54, 1.807) is 0 Å². The minimum atomic E-state index is -0.172. The summed E-state index contributed by atoms with van der Waals surface area (Å²) in [4.78, 5) is 4.77. The van der Waals surface area contributed by atoms with Gasteiger partial charge in [-0.05, 0) is 47.5 Å². The van der Waals surface area contributed by atoms with Crippen LogP contribution >= 0.6 is 0 Å². The lowest BCUT2D eigenvalue weighted by atomic mass is 9.99. The molecule has 2 N–H and O–H groups in total. The Morgan fingerprint density at radius 1 is 1.50 bits per heavy atom. The molecule has 0 aliphatic carbocycles. The normalized spacial score (nSPS) is 27.0. The van der Waals surface area contributed by atoms with Gasteiger partial charge < -0.3 is 15.3 Å². The van der Waals surface area contributed by atoms with E-state index in [9.17, 15) is 5.11 Å². The molecule has 1 aliphatic rings. The average molecular weight is 229 g/mol. The lowest BCUT2D eigenvalue weighted by Gasteiger charge is -2.40. The van der Waals surface area contributed by atoms with Crippen molar-refractivity contribution in [1.29, 1.82) is 0 Å². The minimum absolute atomic E-state index is 0.172. The van der Waals surface area contributed by atoms with Crippen molar-refractivity contribution < 1.29 is 5.11 Å². The van der Waals surface area contributed by atoms with Gasteiger partial charge in [0.25, 0.3) is 0 Å². The van der Waals surface area contributed by atoms with Crippen LogP contribution in [-0.2, 0) is 0 Å². The van der Waals surface area contributed by atoms with E-state index >= 15 is 0 Å². The van der Waals surface area contributed by atoms with Crippen molar-refractivity contribution in [2.24, 2.45) is 0 Å². The molecule has 1 fully saturated rings. The molecule has 96 valence electrons. The van der Waals surface area contributed by atoms with Gasteiger partial charge in [-0.25, -0.2) is 0 Å². The van der Waals surface area contributed by atoms with E-state index in [0.717, 1.165) is 19.6 Å². The number of aliphatic hydroxyl groups excluding tert-OH is 1. The third kappa shape index (κ3) is 3.70. The minimum Gasteiger partial charge on any atom is -0.394 e. The largest absolute Gasteiger partial charge is 0.394 e. The topological polar surface area (TPSA) is 38.7 Å². The SMILES string of the molecule is CNC(C)(CO)CN1CCCC(N(C)C)C1. The van der Waals surface area contributed by atoms with Crippen LogP contribution in [0.2, 0.25) is 0 Å². The predicted molar refractivity (Wildman–Crippen MR) is 67.7 cm³/mol. The smallest absolute Gasteiger partial charge is 0.0623 e. The average Bonchev–Trinajstić information content (AvgIpc) is 2.29. The van der Waals surface area contributed by atoms with Gasteiger partial charge in [0, 0.05) is 19.1 Å². The molecule has 0 amide bonds. The van der Waals surface area contributed by atoms with Gasteiger partial charge in [-0.2, -0.15) is 0 Å². The molecule has 0 saturated carbocycles. The summed E-state index contributed by atoms with van der Waals surface area (Å²) < 4.78 is 0. The van der Waals surface area contributed by atoms with Crippen molar-refractivity contribution >= 4 is 0 Å². The van der Waals surface area contributed by atoms with Gasteiger partial charge in [0.05, 0.1) is 12.1 Å². The van der Waals surface area contributed by atoms with E-state index in [1.165, 1.54) is 12.8 Å². The maximum Gasteiger partial charge on any atom is 0.0623 e. The van der Waals surface area contributed by atoms with E-state index in [0.29, 0.717) is 6.04 Å². The molecule has 1 heterocycles. The van der Waals surface area contributed by atoms with Crippen molar-refractivity contribution in [2.75, 3.05) is 47.4 Å². The Morgan fingerprint density at radius 2 is 2.19 bits per heavy atom. The predicted octanol–water partition coefficient (Wildman–Crippen LogP) is -0.0172. The molecule has 1 aliphatic heterocycles. The van der Waals surface area contributed by atoms with Crippen molar-refractivity contribution in [3.8, 4) is 0 Å². The zero-order valence-corrected chi connectivity index (χ0v) is 11.2. The van der Waals surface area contributed by atoms with Gasteiger partial charge >= 0.3 is 0 Å². The molecule has 2 atom stereocenters. The van der Waals surface area contributed by atoms with Gasteiger partial charge in [0.1, 0.15) is 0 Å². The molecule has 1 saturated heterocycles. The highest BCUT2D eigenvalue weighted by Crippen LogP contribution is 2.16. The number of aliphatic hydroxyl groups is 1. The van der Waals surface area contributed by atoms with E-state index < -0.39 is 0 Å². The monoisotopic (exact) mass is 229 g/mol. The van der Waals surface area contributed by atoms with Crippen LogP contribution in [0.4, 0.5) is 0 Å². The van der Waals surface area contributed by atoms with Crippen LogP contribution in [0.3, 0.4) is 0 Å². The van der Waals surface area contributed by atoms with Gasteiger partial charge in [-0.15, -0.1) is 0 Å². The fourth-order valence-corrected chi connectivity index (χ4v) is 2.30. The quantitative estimate of drug-likeness (QED) is 0.695. The highest BCUT2D eigenvalue weighted by atomic mass is 16.3. The van der Waals surface area contributed by atoms with E-state index in [1.807, 2.05) is 7.05 Å². The first-order valence-corrected chi connectivity index (χ1v) is 6.19. The number of piperidine rings is 1. The maximum atomic E-state index is 9.39. The highest BCUT2D eigenvalue weighted by molar-refractivity contribution is 4.88. The molecule has 0 radical (unpaired) electrons. The van der Waals surface area contributed by atoms with Crippen LogP contribution in [0, 0.1) is 0 Å². The van der Waals surface area contributed by atoms with Gasteiger partial charge in [-0.3, -0.25) is 4.90 Å². The maximum absolute atomic E-state index is 9.39. The Labute approximate surface area is 99.6 Å². The number of likely N-dealkylation sites (N-methyl/N-ethyl adjacent to an activating group) is 2. The molecule has 4 nitrogen and oxygen atoms in total. The van der Waals surface area contributed by atoms with Gasteiger partial charge in [-0.1, -0.05) is 0 Å². The number of likely N-dealkylation sites (tertiary alicyclic amines) is 1. The van der Waals surface area contributed by atoms with Crippen LogP contribution in [0.15, 0.2) is 0 Å². The van der Waals surface area contributed by atoms with Crippen LogP contribution in [0.25, 0.3) is 0 Å². The molecular formula is C12H27N3O. The van der Waals surface area contributed by atoms with Gasteiger partial charge in [0.2, 0.25) is 0 Å². The zero-order chi connectivity index (χ0) is 12.2. The number of hydrogen-bond donors (Lipinski definition) is 2. The van der Waals surface area contributed by atoms with E-state index in [2.05, 4.69) is 36.1 Å². The fourth-order valence-electron chi connectivity index (χ4n) is 2.30. The van der Waals surface area contributed by atoms with Crippen LogP contribution in [-0.4, -0.2) is 73.9 Å². The number of nitrogens with zero attached hydrogens (tertiary/aromatic N) is 2. The molecule has 0 bridgehead atoms. The summed E-state index contributed by atoms with van der Waals surface area (Å²) in [7, 11) is 6.22. The fraction of sp³-hybridized carbons (Fsp3) is 1.00. The Hall–Kier alpha value is -0.160. The van der Waals surface area contributed by atoms with Crippen LogP contribution < -0.4 is 5.32 Å². The third-order valence-electron chi connectivity index (χ3n) is 3.74. The molecule has 0 spiro atoms. The highest BCUT2D eigenvalue weighted by Gasteiger charge is 2.28. The van der Waals surface area contributed by atoms with Crippen molar-refractivity contribution in [3.63, 3.8) is 0 Å². The molecule has 4 heteroatoms. The van der Waals surface area contributed by atoms with Crippen LogP contribution in [0.1, 0.15) is 19.8 Å². The number of rotatable bonds is 5. The second-order valence-electron chi connectivity index (χ2n) is 5.46. The number of hydrogen-bond acceptors (Lipinski definition) is 4. The Bertz CT molecular complexity index is 204. The summed E-state index contributed by atoms with van der Waals surface area (Å²) in [5, 5.41) is 12.6. The Morgan fingerprint density at radius 3 is 2.69 bits per heavy atom. The van der Waals surface area contributed by atoms with Crippen LogP contribution in [0.5, 0.6) is 0 Å². The summed E-state index contributed by atoms with van der Waals surface area (Å²) in [5.74, 6) is 0. The molecule has 1 rings (SSSR count). The van der Waals surface area contributed by atoms with Crippen molar-refractivity contribution in [3.05, 3.63) is 0 Å². The second kappa shape index (κ2) is 5.96. The first-order chi connectivity index (χ1) is 7.50. The molecule has 0 aromatic rings. The second-order valence-corrected chi connectivity index (χ2v) is 5.46. The Balaban J connectivity index is 2.48. The summed E-state index contributed by atoms with van der Waals surface area (Å²) in [6.45, 7) is 5.45. The van der Waals surface area contributed by atoms with E-state index in [4.69, 9.17) is 0 Å². The van der Waals surface area contributed by atoms with Crippen molar-refractivity contribution in [1.82, 2.24) is 15.1 Å². The molecule has 0 aromatic carbocycles. The first kappa shape index (κ1) is 13.9. The lowest BCUT2D eigenvalue weighted by Crippen LogP contribution is -2.56. The molecular weight excluding hydrogens is 202 g/mol. The molecule has 2 unspecified atom stereocenters. The molecule has 0 aromatic heterocycles. The number of nitrogens with one attached hydrogen (secondary N) is 1. The Kier molecular flexibility index (Phi) is 5.18. The van der Waals surface area contributed by atoms with Crippen molar-refractivity contribution in [2.45, 2.75) is 31.3 Å². The van der Waals surface area contributed by atoms with E-state index in [-0.39, 0.29) is 12.1 Å². The summed E-state index contributed by atoms with van der Waals surface area (Å²) in [6.07, 6.45) is 2.55. The zero-order valence-electron chi connectivity index (χ0n) is 11.2. The van der Waals surface area contributed by atoms with Gasteiger partial charge in [0.15, 0.2) is 0 Å². The summed E-state index contributed by atoms with van der Waals surface area (Å²) in [6, 6.07) is 0.661. The third-order valence-corrected chi connectivity index (χ3v) is 3.74.